The molecule has 1 saturated carbocycles. The Morgan fingerprint density at radius 1 is 1.21 bits per heavy atom. The highest BCUT2D eigenvalue weighted by molar-refractivity contribution is 5.85. The molecule has 1 aliphatic heterocycles. The third-order valence-corrected chi connectivity index (χ3v) is 5.10. The van der Waals surface area contributed by atoms with Gasteiger partial charge in [-0.25, -0.2) is 9.78 Å². The molecule has 2 fully saturated rings. The molecule has 0 bridgehead atoms. The predicted molar refractivity (Wildman–Crippen MR) is 96.0 cm³/mol. The van der Waals surface area contributed by atoms with Crippen LogP contribution in [0.25, 0.3) is 6.08 Å². The highest BCUT2D eigenvalue weighted by atomic mass is 16.4. The Balaban J connectivity index is 1.54. The van der Waals surface area contributed by atoms with E-state index in [9.17, 15) is 4.79 Å². The lowest BCUT2D eigenvalue weighted by Crippen LogP contribution is -2.47. The van der Waals surface area contributed by atoms with Crippen molar-refractivity contribution in [3.63, 3.8) is 0 Å². The van der Waals surface area contributed by atoms with Gasteiger partial charge < -0.3 is 10.4 Å². The maximum absolute atomic E-state index is 10.5. The number of hydrogen-bond acceptors (Lipinski definition) is 4. The van der Waals surface area contributed by atoms with Crippen LogP contribution >= 0.6 is 0 Å². The average Bonchev–Trinajstić information content (AvgIpc) is 2.62. The molecule has 1 aromatic rings. The summed E-state index contributed by atoms with van der Waals surface area (Å²) in [5.74, 6) is -0.0693. The van der Waals surface area contributed by atoms with Crippen LogP contribution in [0, 0.1) is 0 Å². The smallest absolute Gasteiger partial charge is 0.328 e. The van der Waals surface area contributed by atoms with Crippen LogP contribution in [0.1, 0.15) is 50.5 Å². The van der Waals surface area contributed by atoms with E-state index in [0.29, 0.717) is 6.04 Å². The lowest BCUT2D eigenvalue weighted by molar-refractivity contribution is -0.131. The van der Waals surface area contributed by atoms with Gasteiger partial charge in [0.05, 0.1) is 0 Å². The van der Waals surface area contributed by atoms with Gasteiger partial charge in [0.1, 0.15) is 5.82 Å². The van der Waals surface area contributed by atoms with Crippen molar-refractivity contribution in [2.24, 2.45) is 0 Å². The molecule has 0 unspecified atom stereocenters. The van der Waals surface area contributed by atoms with Crippen LogP contribution in [0.4, 0.5) is 5.82 Å². The van der Waals surface area contributed by atoms with Crippen LogP contribution in [-0.2, 0) is 4.79 Å². The number of aromatic nitrogens is 1. The first-order valence-corrected chi connectivity index (χ1v) is 9.08. The summed E-state index contributed by atoms with van der Waals surface area (Å²) in [4.78, 5) is 17.6. The molecule has 0 aromatic carbocycles. The van der Waals surface area contributed by atoms with Gasteiger partial charge in [-0.1, -0.05) is 19.3 Å². The third kappa shape index (κ3) is 4.81. The summed E-state index contributed by atoms with van der Waals surface area (Å²) in [6.45, 7) is 2.34. The summed E-state index contributed by atoms with van der Waals surface area (Å²) in [5, 5.41) is 12.2. The highest BCUT2D eigenvalue weighted by Gasteiger charge is 2.26. The zero-order chi connectivity index (χ0) is 16.8. The number of carboxylic acid groups (broad SMARTS) is 1. The third-order valence-electron chi connectivity index (χ3n) is 5.10. The lowest BCUT2D eigenvalue weighted by atomic mass is 9.92. The summed E-state index contributed by atoms with van der Waals surface area (Å²) < 4.78 is 0. The molecular weight excluding hydrogens is 302 g/mol. The number of piperidine rings is 1. The Bertz CT molecular complexity index is 564. The number of aliphatic carboxylic acids is 1. The van der Waals surface area contributed by atoms with E-state index in [1.807, 2.05) is 12.1 Å². The molecule has 2 aliphatic rings. The summed E-state index contributed by atoms with van der Waals surface area (Å²) in [6, 6.07) is 5.06. The Labute approximate surface area is 143 Å². The Kier molecular flexibility index (Phi) is 5.86. The lowest BCUT2D eigenvalue weighted by Gasteiger charge is -2.40. The zero-order valence-electron chi connectivity index (χ0n) is 14.2. The molecule has 0 amide bonds. The van der Waals surface area contributed by atoms with E-state index in [-0.39, 0.29) is 0 Å². The number of hydrogen-bond donors (Lipinski definition) is 2. The van der Waals surface area contributed by atoms with Gasteiger partial charge >= 0.3 is 5.97 Å². The van der Waals surface area contributed by atoms with Crippen molar-refractivity contribution in [3.8, 4) is 0 Å². The molecule has 1 saturated heterocycles. The first-order chi connectivity index (χ1) is 11.7. The highest BCUT2D eigenvalue weighted by Crippen LogP contribution is 2.26. The first kappa shape index (κ1) is 17.0. The van der Waals surface area contributed by atoms with Crippen LogP contribution in [0.5, 0.6) is 0 Å². The van der Waals surface area contributed by atoms with Crippen molar-refractivity contribution in [1.29, 1.82) is 0 Å². The molecule has 0 radical (unpaired) electrons. The van der Waals surface area contributed by atoms with E-state index in [0.717, 1.165) is 30.0 Å². The van der Waals surface area contributed by atoms with E-state index < -0.39 is 5.97 Å². The zero-order valence-corrected chi connectivity index (χ0v) is 14.2. The molecule has 1 aliphatic carbocycles. The predicted octanol–water partition coefficient (Wildman–Crippen LogP) is 3.39. The molecular formula is C19H27N3O2. The molecule has 1 aromatic heterocycles. The van der Waals surface area contributed by atoms with Gasteiger partial charge in [-0.3, -0.25) is 4.90 Å². The number of carboxylic acids is 1. The maximum Gasteiger partial charge on any atom is 0.328 e. The number of carbonyl (C=O) groups is 1. The fraction of sp³-hybridized carbons (Fsp3) is 0.579. The van der Waals surface area contributed by atoms with Gasteiger partial charge in [0.25, 0.3) is 0 Å². The minimum absolute atomic E-state index is 0.452. The Morgan fingerprint density at radius 2 is 2.04 bits per heavy atom. The fourth-order valence-corrected chi connectivity index (χ4v) is 3.87. The standard InChI is InChI=1S/C19H27N3O2/c23-19(24)11-9-15-8-10-18(20-13-15)21-16-5-4-12-22(14-16)17-6-2-1-3-7-17/h8-11,13,16-17H,1-7,12,14H2,(H,20,21)(H,23,24)/t16-/m1/s1. The molecule has 2 heterocycles. The number of nitrogens with zero attached hydrogens (tertiary/aromatic N) is 2. The summed E-state index contributed by atoms with van der Waals surface area (Å²) in [5.41, 5.74) is 0.801. The Morgan fingerprint density at radius 3 is 2.75 bits per heavy atom. The Hall–Kier alpha value is -1.88. The number of pyridine rings is 1. The minimum Gasteiger partial charge on any atom is -0.478 e. The monoisotopic (exact) mass is 329 g/mol. The van der Waals surface area contributed by atoms with Gasteiger partial charge in [-0.05, 0) is 56.0 Å². The van der Waals surface area contributed by atoms with Crippen molar-refractivity contribution < 1.29 is 9.90 Å². The molecule has 2 N–H and O–H groups in total. The second-order valence-corrected chi connectivity index (χ2v) is 6.92. The van der Waals surface area contributed by atoms with Gasteiger partial charge in [0.2, 0.25) is 0 Å². The summed E-state index contributed by atoms with van der Waals surface area (Å²) in [6.07, 6.45) is 13.7. The van der Waals surface area contributed by atoms with Crippen LogP contribution in [0.2, 0.25) is 0 Å². The molecule has 0 spiro atoms. The van der Waals surface area contributed by atoms with Crippen LogP contribution in [0.15, 0.2) is 24.4 Å². The molecule has 130 valence electrons. The first-order valence-electron chi connectivity index (χ1n) is 9.08. The van der Waals surface area contributed by atoms with Crippen molar-refractivity contribution in [3.05, 3.63) is 30.0 Å². The minimum atomic E-state index is -0.942. The van der Waals surface area contributed by atoms with Crippen molar-refractivity contribution in [2.75, 3.05) is 18.4 Å². The largest absolute Gasteiger partial charge is 0.478 e. The van der Waals surface area contributed by atoms with Gasteiger partial charge in [0, 0.05) is 30.9 Å². The molecule has 5 nitrogen and oxygen atoms in total. The van der Waals surface area contributed by atoms with Crippen LogP contribution in [-0.4, -0.2) is 46.1 Å². The van der Waals surface area contributed by atoms with Gasteiger partial charge in [-0.2, -0.15) is 0 Å². The van der Waals surface area contributed by atoms with Crippen molar-refractivity contribution in [2.45, 2.75) is 57.0 Å². The van der Waals surface area contributed by atoms with E-state index in [4.69, 9.17) is 5.11 Å². The van der Waals surface area contributed by atoms with Gasteiger partial charge in [0.15, 0.2) is 0 Å². The second kappa shape index (κ2) is 8.29. The van der Waals surface area contributed by atoms with E-state index in [1.54, 1.807) is 12.3 Å². The van der Waals surface area contributed by atoms with Crippen LogP contribution in [0.3, 0.4) is 0 Å². The maximum atomic E-state index is 10.5. The van der Waals surface area contributed by atoms with Crippen LogP contribution < -0.4 is 5.32 Å². The number of likely N-dealkylation sites (tertiary alicyclic amines) is 1. The normalized spacial score (nSPS) is 23.4. The van der Waals surface area contributed by atoms with Crippen molar-refractivity contribution in [1.82, 2.24) is 9.88 Å². The van der Waals surface area contributed by atoms with E-state index >= 15 is 0 Å². The van der Waals surface area contributed by atoms with Crippen molar-refractivity contribution >= 4 is 17.9 Å². The summed E-state index contributed by atoms with van der Waals surface area (Å²) in [7, 11) is 0. The fourth-order valence-electron chi connectivity index (χ4n) is 3.87. The van der Waals surface area contributed by atoms with E-state index in [2.05, 4.69) is 15.2 Å². The quantitative estimate of drug-likeness (QED) is 0.811. The molecule has 3 rings (SSSR count). The van der Waals surface area contributed by atoms with Gasteiger partial charge in [-0.15, -0.1) is 0 Å². The molecule has 5 heteroatoms. The average molecular weight is 329 g/mol. The molecule has 24 heavy (non-hydrogen) atoms. The second-order valence-electron chi connectivity index (χ2n) is 6.92. The van der Waals surface area contributed by atoms with E-state index in [1.165, 1.54) is 51.5 Å². The number of rotatable bonds is 5. The number of nitrogens with one attached hydrogen (secondary N) is 1. The molecule has 1 atom stereocenters. The number of anilines is 1. The summed E-state index contributed by atoms with van der Waals surface area (Å²) >= 11 is 0. The topological polar surface area (TPSA) is 65.5 Å². The SMILES string of the molecule is O=C(O)C=Cc1ccc(N[C@@H]2CCCN(C3CCCCC3)C2)nc1.